The van der Waals surface area contributed by atoms with Gasteiger partial charge in [-0.3, -0.25) is 9.78 Å². The lowest BCUT2D eigenvalue weighted by molar-refractivity contribution is -0.111. The highest BCUT2D eigenvalue weighted by atomic mass is 19.3. The second-order valence-electron chi connectivity index (χ2n) is 5.82. The van der Waals surface area contributed by atoms with Crippen LogP contribution in [-0.4, -0.2) is 24.1 Å². The van der Waals surface area contributed by atoms with Crippen LogP contribution in [0.1, 0.15) is 22.5 Å². The van der Waals surface area contributed by atoms with Crippen LogP contribution < -0.4 is 14.8 Å². The highest BCUT2D eigenvalue weighted by Gasteiger charge is 2.13. The maximum atomic E-state index is 12.6. The zero-order valence-corrected chi connectivity index (χ0v) is 15.3. The first-order valence-electron chi connectivity index (χ1n) is 8.13. The zero-order valence-electron chi connectivity index (χ0n) is 15.3. The number of carbonyl (C=O) groups excluding carboxylic acids is 1. The molecule has 0 bridgehead atoms. The van der Waals surface area contributed by atoms with E-state index in [2.05, 4.69) is 19.8 Å². The fourth-order valence-corrected chi connectivity index (χ4v) is 2.57. The molecular formula is C19H18F4N2O3. The number of rotatable bonds is 7. The van der Waals surface area contributed by atoms with Gasteiger partial charge in [-0.05, 0) is 50.6 Å². The van der Waals surface area contributed by atoms with Crippen molar-refractivity contribution in [1.82, 2.24) is 4.98 Å². The number of nitrogens with one attached hydrogen (secondary N) is 1. The monoisotopic (exact) mass is 398 g/mol. The van der Waals surface area contributed by atoms with E-state index in [4.69, 9.17) is 0 Å². The van der Waals surface area contributed by atoms with Crippen LogP contribution >= 0.6 is 0 Å². The maximum absolute atomic E-state index is 12.6. The van der Waals surface area contributed by atoms with Crippen molar-refractivity contribution < 1.29 is 31.8 Å². The second-order valence-corrected chi connectivity index (χ2v) is 5.82. The Morgan fingerprint density at radius 3 is 2.36 bits per heavy atom. The molecule has 0 radical (unpaired) electrons. The highest BCUT2D eigenvalue weighted by Crippen LogP contribution is 2.28. The summed E-state index contributed by atoms with van der Waals surface area (Å²) in [5.41, 5.74) is 2.90. The molecule has 0 aliphatic carbocycles. The topological polar surface area (TPSA) is 60.5 Å². The van der Waals surface area contributed by atoms with Crippen LogP contribution in [0.5, 0.6) is 11.5 Å². The summed E-state index contributed by atoms with van der Waals surface area (Å²) in [4.78, 5) is 16.5. The average Bonchev–Trinajstić information content (AvgIpc) is 2.56. The van der Waals surface area contributed by atoms with Crippen LogP contribution in [-0.2, 0) is 4.79 Å². The molecule has 1 amide bonds. The molecule has 1 heterocycles. The van der Waals surface area contributed by atoms with E-state index < -0.39 is 24.9 Å². The predicted octanol–water partition coefficient (Wildman–Crippen LogP) is 4.86. The lowest BCUT2D eigenvalue weighted by atomic mass is 10.1. The molecule has 0 atom stereocenters. The third kappa shape index (κ3) is 5.97. The Kier molecular flexibility index (Phi) is 6.97. The Hall–Kier alpha value is -3.10. The van der Waals surface area contributed by atoms with E-state index in [1.165, 1.54) is 12.1 Å². The zero-order chi connectivity index (χ0) is 20.8. The van der Waals surface area contributed by atoms with Crippen LogP contribution in [0.15, 0.2) is 30.3 Å². The standard InChI is InChI=1S/C19H18F4N2O3/c1-10-8-11(2)24-12(3)17(10)25-16(26)7-5-13-4-6-14(27-18(20)21)9-15(13)28-19(22)23/h4-9,18-19H,1-3H3,(H,25,26)/b7-5+. The molecule has 0 saturated heterocycles. The minimum Gasteiger partial charge on any atom is -0.435 e. The van der Waals surface area contributed by atoms with Crippen LogP contribution in [0, 0.1) is 20.8 Å². The first kappa shape index (κ1) is 21.2. The third-order valence-corrected chi connectivity index (χ3v) is 3.61. The Labute approximate surface area is 159 Å². The first-order valence-corrected chi connectivity index (χ1v) is 8.13. The quantitative estimate of drug-likeness (QED) is 0.534. The van der Waals surface area contributed by atoms with Gasteiger partial charge >= 0.3 is 13.2 Å². The molecule has 1 aromatic carbocycles. The number of carbonyl (C=O) groups is 1. The van der Waals surface area contributed by atoms with E-state index in [1.807, 2.05) is 19.9 Å². The molecule has 0 aliphatic rings. The number of anilines is 1. The molecule has 1 aromatic heterocycles. The maximum Gasteiger partial charge on any atom is 0.387 e. The minimum atomic E-state index is -3.17. The molecule has 0 spiro atoms. The number of halogens is 4. The van der Waals surface area contributed by atoms with E-state index in [9.17, 15) is 22.4 Å². The van der Waals surface area contributed by atoms with Gasteiger partial charge in [-0.1, -0.05) is 0 Å². The molecule has 0 aliphatic heterocycles. The third-order valence-electron chi connectivity index (χ3n) is 3.61. The molecular weight excluding hydrogens is 380 g/mol. The molecule has 2 rings (SSSR count). The largest absolute Gasteiger partial charge is 0.435 e. The van der Waals surface area contributed by atoms with Crippen LogP contribution in [0.2, 0.25) is 0 Å². The molecule has 0 saturated carbocycles. The van der Waals surface area contributed by atoms with Gasteiger partial charge in [0.15, 0.2) is 0 Å². The fraction of sp³-hybridized carbons (Fsp3) is 0.263. The van der Waals surface area contributed by atoms with Crippen LogP contribution in [0.3, 0.4) is 0 Å². The van der Waals surface area contributed by atoms with E-state index in [1.54, 1.807) is 6.92 Å². The van der Waals surface area contributed by atoms with Crippen molar-refractivity contribution in [3.63, 3.8) is 0 Å². The van der Waals surface area contributed by atoms with Crippen molar-refractivity contribution in [3.8, 4) is 11.5 Å². The summed E-state index contributed by atoms with van der Waals surface area (Å²) < 4.78 is 58.2. The van der Waals surface area contributed by atoms with Crippen molar-refractivity contribution >= 4 is 17.7 Å². The van der Waals surface area contributed by atoms with Crippen molar-refractivity contribution in [1.29, 1.82) is 0 Å². The number of aromatic nitrogens is 1. The summed E-state index contributed by atoms with van der Waals surface area (Å²) in [6.45, 7) is -0.891. The number of ether oxygens (including phenoxy) is 2. The number of benzene rings is 1. The number of aryl methyl sites for hydroxylation is 3. The van der Waals surface area contributed by atoms with Gasteiger partial charge in [0.2, 0.25) is 5.91 Å². The molecule has 2 aromatic rings. The second kappa shape index (κ2) is 9.20. The number of hydrogen-bond donors (Lipinski definition) is 1. The fourth-order valence-electron chi connectivity index (χ4n) is 2.57. The Morgan fingerprint density at radius 1 is 1.07 bits per heavy atom. The molecule has 150 valence electrons. The highest BCUT2D eigenvalue weighted by molar-refractivity contribution is 6.02. The lowest BCUT2D eigenvalue weighted by Gasteiger charge is -2.12. The van der Waals surface area contributed by atoms with Crippen molar-refractivity contribution in [2.45, 2.75) is 34.0 Å². The molecule has 0 unspecified atom stereocenters. The van der Waals surface area contributed by atoms with E-state index in [0.717, 1.165) is 29.5 Å². The molecule has 1 N–H and O–H groups in total. The van der Waals surface area contributed by atoms with Crippen molar-refractivity contribution in [2.75, 3.05) is 5.32 Å². The van der Waals surface area contributed by atoms with Crippen molar-refractivity contribution in [2.24, 2.45) is 0 Å². The van der Waals surface area contributed by atoms with E-state index in [0.29, 0.717) is 11.4 Å². The first-order chi connectivity index (χ1) is 13.2. The number of alkyl halides is 4. The van der Waals surface area contributed by atoms with Crippen molar-refractivity contribution in [3.05, 3.63) is 52.9 Å². The van der Waals surface area contributed by atoms with Gasteiger partial charge < -0.3 is 14.8 Å². The van der Waals surface area contributed by atoms with Gasteiger partial charge in [0.25, 0.3) is 0 Å². The van der Waals surface area contributed by atoms with Gasteiger partial charge in [0.05, 0.1) is 11.4 Å². The summed E-state index contributed by atoms with van der Waals surface area (Å²) in [6.07, 6.45) is 2.34. The van der Waals surface area contributed by atoms with E-state index in [-0.39, 0.29) is 11.3 Å². The number of hydrogen-bond acceptors (Lipinski definition) is 4. The Balaban J connectivity index is 2.21. The van der Waals surface area contributed by atoms with Gasteiger partial charge in [-0.25, -0.2) is 0 Å². The number of pyridine rings is 1. The van der Waals surface area contributed by atoms with Gasteiger partial charge in [-0.15, -0.1) is 0 Å². The molecule has 5 nitrogen and oxygen atoms in total. The summed E-state index contributed by atoms with van der Waals surface area (Å²) in [6, 6.07) is 5.08. The van der Waals surface area contributed by atoms with Gasteiger partial charge in [0.1, 0.15) is 11.5 Å². The lowest BCUT2D eigenvalue weighted by Crippen LogP contribution is -2.11. The SMILES string of the molecule is Cc1cc(C)c(NC(=O)/C=C/c2ccc(OC(F)F)cc2OC(F)F)c(C)n1. The van der Waals surface area contributed by atoms with Gasteiger partial charge in [0, 0.05) is 23.4 Å². The summed E-state index contributed by atoms with van der Waals surface area (Å²) in [7, 11) is 0. The average molecular weight is 398 g/mol. The van der Waals surface area contributed by atoms with E-state index >= 15 is 0 Å². The summed E-state index contributed by atoms with van der Waals surface area (Å²) in [5, 5.41) is 2.67. The molecule has 0 fully saturated rings. The smallest absolute Gasteiger partial charge is 0.387 e. The Bertz CT molecular complexity index is 862. The molecule has 9 heteroatoms. The molecule has 28 heavy (non-hydrogen) atoms. The Morgan fingerprint density at radius 2 is 1.75 bits per heavy atom. The predicted molar refractivity (Wildman–Crippen MR) is 95.8 cm³/mol. The number of nitrogens with zero attached hydrogens (tertiary/aromatic N) is 1. The summed E-state index contributed by atoms with van der Waals surface area (Å²) >= 11 is 0. The number of amides is 1. The van der Waals surface area contributed by atoms with Crippen LogP contribution in [0.4, 0.5) is 23.2 Å². The normalized spacial score (nSPS) is 11.3. The van der Waals surface area contributed by atoms with Crippen LogP contribution in [0.25, 0.3) is 6.08 Å². The summed E-state index contributed by atoms with van der Waals surface area (Å²) in [5.74, 6) is -1.27. The minimum absolute atomic E-state index is 0.0903. The van der Waals surface area contributed by atoms with Gasteiger partial charge in [-0.2, -0.15) is 17.6 Å².